The fourth-order valence-corrected chi connectivity index (χ4v) is 9.53. The highest BCUT2D eigenvalue weighted by Crippen LogP contribution is 2.67. The van der Waals surface area contributed by atoms with Crippen molar-refractivity contribution in [1.82, 2.24) is 10.6 Å². The first-order chi connectivity index (χ1) is 18.6. The zero-order chi connectivity index (χ0) is 28.2. The quantitative estimate of drug-likeness (QED) is 0.130. The Balaban J connectivity index is 1.31. The topological polar surface area (TPSA) is 84.5 Å². The molecule has 220 valence electrons. The molecule has 0 spiro atoms. The summed E-state index contributed by atoms with van der Waals surface area (Å²) in [5.41, 5.74) is 2.30. The number of nitrogens with one attached hydrogen (secondary N) is 2. The van der Waals surface area contributed by atoms with Gasteiger partial charge in [-0.25, -0.2) is 4.79 Å². The van der Waals surface area contributed by atoms with Crippen molar-refractivity contribution >= 4 is 18.3 Å². The van der Waals surface area contributed by atoms with Gasteiger partial charge in [-0.05, 0) is 110 Å². The Bertz CT molecular complexity index is 915. The van der Waals surface area contributed by atoms with Crippen LogP contribution in [-0.4, -0.2) is 37.5 Å². The van der Waals surface area contributed by atoms with E-state index >= 15 is 0 Å². The number of carbonyl (C=O) groups is 3. The molecule has 2 amide bonds. The van der Waals surface area contributed by atoms with Crippen LogP contribution in [0.3, 0.4) is 0 Å². The molecular weight excluding hydrogens is 488 g/mol. The molecule has 0 aromatic heterocycles. The van der Waals surface area contributed by atoms with Gasteiger partial charge in [0.2, 0.25) is 6.29 Å². The van der Waals surface area contributed by atoms with Crippen molar-refractivity contribution in [2.45, 2.75) is 118 Å². The molecule has 6 nitrogen and oxygen atoms in total. The van der Waals surface area contributed by atoms with E-state index in [0.717, 1.165) is 54.8 Å². The molecule has 0 saturated heterocycles. The van der Waals surface area contributed by atoms with Crippen molar-refractivity contribution in [3.8, 4) is 0 Å². The number of amides is 2. The van der Waals surface area contributed by atoms with E-state index < -0.39 is 12.0 Å². The third kappa shape index (κ3) is 6.56. The number of allylic oxidation sites excluding steroid dienone is 1. The predicted molar refractivity (Wildman–Crippen MR) is 155 cm³/mol. The van der Waals surface area contributed by atoms with E-state index in [1.54, 1.807) is 0 Å². The van der Waals surface area contributed by atoms with E-state index in [1.165, 1.54) is 56.9 Å². The lowest BCUT2D eigenvalue weighted by molar-refractivity contribution is -0.131. The van der Waals surface area contributed by atoms with Crippen LogP contribution < -0.4 is 10.6 Å². The van der Waals surface area contributed by atoms with Gasteiger partial charge < -0.3 is 15.4 Å². The molecule has 0 aromatic carbocycles. The van der Waals surface area contributed by atoms with Crippen LogP contribution >= 0.6 is 0 Å². The van der Waals surface area contributed by atoms with Gasteiger partial charge in [-0.1, -0.05) is 59.5 Å². The van der Waals surface area contributed by atoms with Crippen LogP contribution in [0.15, 0.2) is 11.6 Å². The highest BCUT2D eigenvalue weighted by Gasteiger charge is 2.59. The van der Waals surface area contributed by atoms with Crippen molar-refractivity contribution in [3.05, 3.63) is 11.6 Å². The molecular formula is C33H54N2O4. The molecule has 4 rings (SSSR count). The highest BCUT2D eigenvalue weighted by atomic mass is 16.6. The van der Waals surface area contributed by atoms with Crippen LogP contribution in [0, 0.1) is 46.3 Å². The molecule has 0 aliphatic heterocycles. The lowest BCUT2D eigenvalue weighted by Gasteiger charge is -2.59. The first-order valence-electron chi connectivity index (χ1n) is 16.0. The summed E-state index contributed by atoms with van der Waals surface area (Å²) in [6, 6.07) is 0. The summed E-state index contributed by atoms with van der Waals surface area (Å²) in [6.45, 7) is 13.2. The van der Waals surface area contributed by atoms with Crippen molar-refractivity contribution in [2.75, 3.05) is 13.1 Å². The summed E-state index contributed by atoms with van der Waals surface area (Å²) in [6.07, 6.45) is 16.7. The third-order valence-electron chi connectivity index (χ3n) is 11.6. The number of carbonyl (C=O) groups excluding carboxylic acids is 3. The number of aldehydes is 1. The van der Waals surface area contributed by atoms with E-state index in [9.17, 15) is 14.4 Å². The molecule has 2 N–H and O–H groups in total. The Labute approximate surface area is 236 Å². The Morgan fingerprint density at radius 3 is 2.49 bits per heavy atom. The average Bonchev–Trinajstić information content (AvgIpc) is 3.25. The molecule has 8 atom stereocenters. The van der Waals surface area contributed by atoms with Gasteiger partial charge in [0.1, 0.15) is 6.10 Å². The Morgan fingerprint density at radius 2 is 1.74 bits per heavy atom. The maximum Gasteiger partial charge on any atom is 0.407 e. The average molecular weight is 543 g/mol. The Kier molecular flexibility index (Phi) is 9.86. The molecule has 3 unspecified atom stereocenters. The summed E-state index contributed by atoms with van der Waals surface area (Å²) < 4.78 is 5.77. The number of rotatable bonds is 11. The Hall–Kier alpha value is -1.85. The number of alkyl carbamates (subject to hydrolysis) is 1. The zero-order valence-electron chi connectivity index (χ0n) is 25.2. The summed E-state index contributed by atoms with van der Waals surface area (Å²) >= 11 is 0. The second kappa shape index (κ2) is 12.8. The molecule has 4 aliphatic carbocycles. The molecule has 3 fully saturated rings. The van der Waals surface area contributed by atoms with E-state index in [2.05, 4.69) is 51.3 Å². The standard InChI is InChI=1S/C33H54N2O4/c1-22(2)8-6-9-23(3)27-12-13-28-26-11-10-24-20-25(39-31(38)35-19-7-18-34-30(37)21-36)14-16-32(24,4)29(26)15-17-33(27,28)5/h20-23,25-29H,6-19H2,1-5H3,(H,34,37)(H,35,38)/t23-,25+,26?,27-,28?,29?,32+,33-/m1/s1. The second-order valence-corrected chi connectivity index (χ2v) is 14.2. The minimum atomic E-state index is -0.633. The predicted octanol–water partition coefficient (Wildman–Crippen LogP) is 6.83. The van der Waals surface area contributed by atoms with Crippen LogP contribution in [0.25, 0.3) is 0 Å². The second-order valence-electron chi connectivity index (χ2n) is 14.2. The molecule has 0 radical (unpaired) electrons. The smallest absolute Gasteiger partial charge is 0.407 e. The molecule has 6 heteroatoms. The minimum absolute atomic E-state index is 0.157. The molecule has 0 bridgehead atoms. The van der Waals surface area contributed by atoms with Gasteiger partial charge in [0.05, 0.1) is 0 Å². The van der Waals surface area contributed by atoms with Gasteiger partial charge in [0.15, 0.2) is 0 Å². The fraction of sp³-hybridized carbons (Fsp3) is 0.848. The van der Waals surface area contributed by atoms with Gasteiger partial charge in [-0.2, -0.15) is 0 Å². The monoisotopic (exact) mass is 542 g/mol. The van der Waals surface area contributed by atoms with Crippen LogP contribution in [-0.2, 0) is 14.3 Å². The van der Waals surface area contributed by atoms with Gasteiger partial charge in [0, 0.05) is 13.1 Å². The maximum atomic E-state index is 12.4. The number of fused-ring (bicyclic) bond motifs is 5. The third-order valence-corrected chi connectivity index (χ3v) is 11.6. The number of ether oxygens (including phenoxy) is 1. The van der Waals surface area contributed by atoms with Gasteiger partial charge in [0.25, 0.3) is 5.91 Å². The number of hydrogen-bond donors (Lipinski definition) is 2. The fourth-order valence-electron chi connectivity index (χ4n) is 9.53. The summed E-state index contributed by atoms with van der Waals surface area (Å²) in [5.74, 6) is 4.41. The first kappa shape index (κ1) is 30.1. The minimum Gasteiger partial charge on any atom is -0.442 e. The number of hydrogen-bond acceptors (Lipinski definition) is 4. The van der Waals surface area contributed by atoms with Crippen molar-refractivity contribution in [2.24, 2.45) is 46.3 Å². The largest absolute Gasteiger partial charge is 0.442 e. The van der Waals surface area contributed by atoms with Crippen LogP contribution in [0.5, 0.6) is 0 Å². The first-order valence-corrected chi connectivity index (χ1v) is 16.0. The van der Waals surface area contributed by atoms with Crippen molar-refractivity contribution in [1.29, 1.82) is 0 Å². The SMILES string of the molecule is CC(C)CCC[C@@H](C)[C@H]1CCC2C3CCC4=C[C@@H](OC(=O)NCCCNC(=O)C=O)CC[C@]4(C)C3CC[C@@]21C. The summed E-state index contributed by atoms with van der Waals surface area (Å²) in [5, 5.41) is 5.25. The lowest BCUT2D eigenvalue weighted by atomic mass is 9.46. The van der Waals surface area contributed by atoms with E-state index in [1.807, 2.05) is 0 Å². The molecule has 39 heavy (non-hydrogen) atoms. The summed E-state index contributed by atoms with van der Waals surface area (Å²) in [7, 11) is 0. The maximum absolute atomic E-state index is 12.4. The molecule has 4 aliphatic rings. The van der Waals surface area contributed by atoms with Crippen LogP contribution in [0.1, 0.15) is 112 Å². The lowest BCUT2D eigenvalue weighted by Crippen LogP contribution is -2.51. The summed E-state index contributed by atoms with van der Waals surface area (Å²) in [4.78, 5) is 33.7. The van der Waals surface area contributed by atoms with E-state index in [0.29, 0.717) is 24.9 Å². The normalized spacial score (nSPS) is 36.2. The van der Waals surface area contributed by atoms with Crippen molar-refractivity contribution in [3.63, 3.8) is 0 Å². The highest BCUT2D eigenvalue weighted by molar-refractivity contribution is 6.23. The van der Waals surface area contributed by atoms with Gasteiger partial charge in [-0.15, -0.1) is 0 Å². The molecule has 0 heterocycles. The van der Waals surface area contributed by atoms with Crippen LogP contribution in [0.4, 0.5) is 4.79 Å². The Morgan fingerprint density at radius 1 is 0.974 bits per heavy atom. The van der Waals surface area contributed by atoms with Gasteiger partial charge in [-0.3, -0.25) is 9.59 Å². The van der Waals surface area contributed by atoms with E-state index in [-0.39, 0.29) is 17.8 Å². The van der Waals surface area contributed by atoms with Gasteiger partial charge >= 0.3 is 6.09 Å². The van der Waals surface area contributed by atoms with E-state index in [4.69, 9.17) is 4.74 Å². The van der Waals surface area contributed by atoms with Crippen LogP contribution in [0.2, 0.25) is 0 Å². The molecule has 3 saturated carbocycles. The zero-order valence-corrected chi connectivity index (χ0v) is 25.2. The van der Waals surface area contributed by atoms with Crippen molar-refractivity contribution < 1.29 is 19.1 Å². The molecule has 0 aromatic rings.